The molecule has 0 aromatic heterocycles. The fraction of sp³-hybridized carbons (Fsp3) is 0.526. The fourth-order valence-corrected chi connectivity index (χ4v) is 3.47. The van der Waals surface area contributed by atoms with Gasteiger partial charge >= 0.3 is 5.97 Å². The van der Waals surface area contributed by atoms with Crippen LogP contribution in [0.15, 0.2) is 24.3 Å². The average Bonchev–Trinajstić information content (AvgIpc) is 3.15. The molecule has 2 aliphatic rings. The molecule has 0 spiro atoms. The third-order valence-electron chi connectivity index (χ3n) is 4.81. The summed E-state index contributed by atoms with van der Waals surface area (Å²) in [6.45, 7) is 2.75. The summed E-state index contributed by atoms with van der Waals surface area (Å²) in [4.78, 5) is 38.4. The summed E-state index contributed by atoms with van der Waals surface area (Å²) < 4.78 is 5.41. The molecule has 1 fully saturated rings. The van der Waals surface area contributed by atoms with Crippen molar-refractivity contribution in [1.29, 1.82) is 0 Å². The highest BCUT2D eigenvalue weighted by molar-refractivity contribution is 5.96. The highest BCUT2D eigenvalue weighted by atomic mass is 16.6. The van der Waals surface area contributed by atoms with Gasteiger partial charge in [-0.1, -0.05) is 44.4 Å². The van der Waals surface area contributed by atoms with Crippen LogP contribution in [0.4, 0.5) is 0 Å². The monoisotopic (exact) mass is 344 g/mol. The van der Waals surface area contributed by atoms with Crippen LogP contribution in [-0.4, -0.2) is 35.3 Å². The van der Waals surface area contributed by atoms with E-state index in [4.69, 9.17) is 4.74 Å². The lowest BCUT2D eigenvalue weighted by Gasteiger charge is -2.29. The molecule has 0 aliphatic carbocycles. The molecule has 6 heteroatoms. The standard InChI is InChI=1S/C19H24N2O4/c1-2-3-4-7-12-20-17(23)15-10-11-16(22)21(15)18-13-8-5-6-9-14(13)19(24)25-18/h5-6,8-9,15,18H,2-4,7,10-12H2,1H3,(H,20,23)/t15-,18+/m0/s1. The molecule has 1 saturated heterocycles. The fourth-order valence-electron chi connectivity index (χ4n) is 3.47. The van der Waals surface area contributed by atoms with Crippen LogP contribution in [0.3, 0.4) is 0 Å². The van der Waals surface area contributed by atoms with Gasteiger partial charge in [0.15, 0.2) is 0 Å². The molecule has 25 heavy (non-hydrogen) atoms. The van der Waals surface area contributed by atoms with Gasteiger partial charge in [0.1, 0.15) is 6.04 Å². The van der Waals surface area contributed by atoms with Gasteiger partial charge in [0.05, 0.1) is 5.56 Å². The molecule has 2 aliphatic heterocycles. The number of nitrogens with one attached hydrogen (secondary N) is 1. The first-order valence-electron chi connectivity index (χ1n) is 9.02. The van der Waals surface area contributed by atoms with E-state index in [9.17, 15) is 14.4 Å². The molecule has 0 unspecified atom stereocenters. The van der Waals surface area contributed by atoms with Gasteiger partial charge in [-0.3, -0.25) is 14.5 Å². The van der Waals surface area contributed by atoms with Gasteiger partial charge in [0.25, 0.3) is 0 Å². The Morgan fingerprint density at radius 1 is 1.24 bits per heavy atom. The second kappa shape index (κ2) is 7.68. The Balaban J connectivity index is 1.69. The van der Waals surface area contributed by atoms with Crippen LogP contribution in [0.25, 0.3) is 0 Å². The molecule has 1 N–H and O–H groups in total. The lowest BCUT2D eigenvalue weighted by atomic mass is 10.1. The van der Waals surface area contributed by atoms with Crippen LogP contribution >= 0.6 is 0 Å². The van der Waals surface area contributed by atoms with Gasteiger partial charge in [0, 0.05) is 18.5 Å². The number of likely N-dealkylation sites (tertiary alicyclic amines) is 1. The first-order chi connectivity index (χ1) is 12.1. The third kappa shape index (κ3) is 3.52. The number of fused-ring (bicyclic) bond motifs is 1. The normalized spacial score (nSPS) is 22.0. The number of cyclic esters (lactones) is 1. The van der Waals surface area contributed by atoms with E-state index < -0.39 is 18.2 Å². The summed E-state index contributed by atoms with van der Waals surface area (Å²) in [7, 11) is 0. The molecule has 6 nitrogen and oxygen atoms in total. The van der Waals surface area contributed by atoms with Gasteiger partial charge in [-0.2, -0.15) is 0 Å². The zero-order chi connectivity index (χ0) is 17.8. The number of hydrogen-bond acceptors (Lipinski definition) is 4. The van der Waals surface area contributed by atoms with Gasteiger partial charge < -0.3 is 10.1 Å². The highest BCUT2D eigenvalue weighted by Gasteiger charge is 2.46. The summed E-state index contributed by atoms with van der Waals surface area (Å²) >= 11 is 0. The van der Waals surface area contributed by atoms with E-state index in [1.165, 1.54) is 4.90 Å². The predicted molar refractivity (Wildman–Crippen MR) is 91.6 cm³/mol. The topological polar surface area (TPSA) is 75.7 Å². The lowest BCUT2D eigenvalue weighted by molar-refractivity contribution is -0.145. The van der Waals surface area contributed by atoms with E-state index in [0.29, 0.717) is 30.5 Å². The number of esters is 1. The molecular weight excluding hydrogens is 320 g/mol. The number of unbranched alkanes of at least 4 members (excludes halogenated alkanes) is 3. The van der Waals surface area contributed by atoms with E-state index in [2.05, 4.69) is 12.2 Å². The molecule has 0 saturated carbocycles. The number of amides is 2. The minimum absolute atomic E-state index is 0.152. The minimum atomic E-state index is -0.797. The number of hydrogen-bond donors (Lipinski definition) is 1. The first kappa shape index (κ1) is 17.5. The lowest BCUT2D eigenvalue weighted by Crippen LogP contribution is -2.46. The minimum Gasteiger partial charge on any atom is -0.433 e. The molecule has 1 aromatic rings. The van der Waals surface area contributed by atoms with Crippen LogP contribution in [-0.2, 0) is 14.3 Å². The molecule has 134 valence electrons. The van der Waals surface area contributed by atoms with E-state index in [1.54, 1.807) is 24.3 Å². The number of carbonyl (C=O) groups excluding carboxylic acids is 3. The second-order valence-electron chi connectivity index (χ2n) is 6.55. The van der Waals surface area contributed by atoms with Gasteiger partial charge in [-0.25, -0.2) is 4.79 Å². The summed E-state index contributed by atoms with van der Waals surface area (Å²) in [6, 6.07) is 6.44. The smallest absolute Gasteiger partial charge is 0.340 e. The number of ether oxygens (including phenoxy) is 1. The molecule has 0 radical (unpaired) electrons. The molecule has 1 aromatic carbocycles. The van der Waals surface area contributed by atoms with E-state index in [0.717, 1.165) is 25.7 Å². The van der Waals surface area contributed by atoms with Crippen molar-refractivity contribution in [2.75, 3.05) is 6.54 Å². The maximum Gasteiger partial charge on any atom is 0.340 e. The third-order valence-corrected chi connectivity index (χ3v) is 4.81. The Hall–Kier alpha value is -2.37. The molecule has 2 atom stereocenters. The Morgan fingerprint density at radius 2 is 2.04 bits per heavy atom. The maximum atomic E-state index is 12.5. The average molecular weight is 344 g/mol. The Morgan fingerprint density at radius 3 is 2.84 bits per heavy atom. The van der Waals surface area contributed by atoms with Gasteiger partial charge in [-0.15, -0.1) is 0 Å². The Kier molecular flexibility index (Phi) is 5.36. The van der Waals surface area contributed by atoms with Gasteiger partial charge in [-0.05, 0) is 18.9 Å². The summed E-state index contributed by atoms with van der Waals surface area (Å²) in [5, 5.41) is 2.92. The second-order valence-corrected chi connectivity index (χ2v) is 6.55. The van der Waals surface area contributed by atoms with Crippen molar-refractivity contribution < 1.29 is 19.1 Å². The van der Waals surface area contributed by atoms with Crippen LogP contribution in [0.2, 0.25) is 0 Å². The van der Waals surface area contributed by atoms with Crippen molar-refractivity contribution in [2.24, 2.45) is 0 Å². The van der Waals surface area contributed by atoms with E-state index in [1.807, 2.05) is 0 Å². The Labute approximate surface area is 147 Å². The van der Waals surface area contributed by atoms with Crippen LogP contribution in [0, 0.1) is 0 Å². The number of benzene rings is 1. The van der Waals surface area contributed by atoms with E-state index in [-0.39, 0.29) is 11.8 Å². The van der Waals surface area contributed by atoms with Crippen molar-refractivity contribution in [2.45, 2.75) is 57.7 Å². The zero-order valence-corrected chi connectivity index (χ0v) is 14.5. The van der Waals surface area contributed by atoms with Crippen molar-refractivity contribution in [3.63, 3.8) is 0 Å². The van der Waals surface area contributed by atoms with Crippen LogP contribution < -0.4 is 5.32 Å². The zero-order valence-electron chi connectivity index (χ0n) is 14.5. The van der Waals surface area contributed by atoms with Crippen molar-refractivity contribution in [3.05, 3.63) is 35.4 Å². The molecular formula is C19H24N2O4. The molecule has 2 amide bonds. The molecule has 2 heterocycles. The summed E-state index contributed by atoms with van der Waals surface area (Å²) in [5.74, 6) is -0.762. The summed E-state index contributed by atoms with van der Waals surface area (Å²) in [5.41, 5.74) is 1.12. The molecule has 3 rings (SSSR count). The maximum absolute atomic E-state index is 12.5. The van der Waals surface area contributed by atoms with Crippen molar-refractivity contribution in [3.8, 4) is 0 Å². The largest absolute Gasteiger partial charge is 0.433 e. The number of carbonyl (C=O) groups is 3. The summed E-state index contributed by atoms with van der Waals surface area (Å²) in [6.07, 6.45) is 4.26. The van der Waals surface area contributed by atoms with Gasteiger partial charge in [0.2, 0.25) is 18.0 Å². The van der Waals surface area contributed by atoms with E-state index >= 15 is 0 Å². The predicted octanol–water partition coefficient (Wildman–Crippen LogP) is 2.54. The highest BCUT2D eigenvalue weighted by Crippen LogP contribution is 2.38. The SMILES string of the molecule is CCCCCCNC(=O)[C@@H]1CCC(=O)N1[C@@H]1OC(=O)c2ccccc21. The number of nitrogens with zero attached hydrogens (tertiary/aromatic N) is 1. The molecule has 0 bridgehead atoms. The Bertz CT molecular complexity index is 673. The quantitative estimate of drug-likeness (QED) is 0.609. The van der Waals surface area contributed by atoms with Crippen molar-refractivity contribution in [1.82, 2.24) is 10.2 Å². The first-order valence-corrected chi connectivity index (χ1v) is 9.02. The van der Waals surface area contributed by atoms with Crippen LogP contribution in [0.5, 0.6) is 0 Å². The number of rotatable bonds is 7. The van der Waals surface area contributed by atoms with Crippen LogP contribution in [0.1, 0.15) is 67.6 Å². The van der Waals surface area contributed by atoms with Crippen molar-refractivity contribution >= 4 is 17.8 Å².